The van der Waals surface area contributed by atoms with Gasteiger partial charge in [0.15, 0.2) is 11.5 Å². The van der Waals surface area contributed by atoms with Crippen molar-refractivity contribution in [2.24, 2.45) is 0 Å². The number of hydrogen-bond donors (Lipinski definition) is 2. The highest BCUT2D eigenvalue weighted by molar-refractivity contribution is 6.67. The second-order valence-corrected chi connectivity index (χ2v) is 11.0. The van der Waals surface area contributed by atoms with Gasteiger partial charge in [0.25, 0.3) is 0 Å². The van der Waals surface area contributed by atoms with E-state index in [9.17, 15) is 19.8 Å². The molecule has 1 aliphatic rings. The summed E-state index contributed by atoms with van der Waals surface area (Å²) in [7, 11) is -1.68. The van der Waals surface area contributed by atoms with E-state index < -0.39 is 20.9 Å². The number of rotatable bonds is 3. The van der Waals surface area contributed by atoms with E-state index in [1.165, 1.54) is 12.1 Å². The van der Waals surface area contributed by atoms with Gasteiger partial charge in [-0.1, -0.05) is 39.5 Å². The zero-order chi connectivity index (χ0) is 19.2. The summed E-state index contributed by atoms with van der Waals surface area (Å²) in [5.74, 6) is -1.82. The molecule has 0 fully saturated rings. The number of aromatic carboxylic acids is 2. The number of anilines is 2. The van der Waals surface area contributed by atoms with Crippen LogP contribution in [-0.4, -0.2) is 31.1 Å². The predicted octanol–water partition coefficient (Wildman–Crippen LogP) is 4.48. The second kappa shape index (κ2) is 6.17. The predicted molar refractivity (Wildman–Crippen MR) is 102 cm³/mol. The monoisotopic (exact) mass is 371 g/mol. The summed E-state index contributed by atoms with van der Waals surface area (Å²) in [6.45, 7) is 8.59. The van der Waals surface area contributed by atoms with Crippen LogP contribution in [0.1, 0.15) is 41.5 Å². The molecule has 2 N–H and O–H groups in total. The Labute approximate surface area is 153 Å². The van der Waals surface area contributed by atoms with E-state index in [2.05, 4.69) is 31.9 Å². The fourth-order valence-electron chi connectivity index (χ4n) is 3.02. The Morgan fingerprint density at radius 2 is 1.35 bits per heavy atom. The Balaban J connectivity index is 2.33. The molecule has 26 heavy (non-hydrogen) atoms. The maximum atomic E-state index is 11.7. The molecular weight excluding hydrogens is 350 g/mol. The fourth-order valence-corrected chi connectivity index (χ4v) is 5.03. The molecule has 2 aromatic carbocycles. The van der Waals surface area contributed by atoms with Gasteiger partial charge in [0.1, 0.15) is 20.1 Å². The Kier molecular flexibility index (Phi) is 4.27. The van der Waals surface area contributed by atoms with Crippen LogP contribution in [0.15, 0.2) is 36.4 Å². The van der Waals surface area contributed by atoms with Crippen molar-refractivity contribution < 1.29 is 24.5 Å². The lowest BCUT2D eigenvalue weighted by atomic mass is 10.1. The number of carboxylic acid groups (broad SMARTS) is 2. The first-order chi connectivity index (χ1) is 12.1. The smallest absolute Gasteiger partial charge is 0.339 e. The summed E-state index contributed by atoms with van der Waals surface area (Å²) in [5.41, 5.74) is 1.39. The largest absolute Gasteiger partial charge is 0.478 e. The molecule has 0 radical (unpaired) electrons. The minimum atomic E-state index is -1.68. The maximum absolute atomic E-state index is 11.7. The van der Waals surface area contributed by atoms with Crippen LogP contribution >= 0.6 is 0 Å². The quantitative estimate of drug-likeness (QED) is 0.774. The van der Waals surface area contributed by atoms with Crippen molar-refractivity contribution in [1.82, 2.24) is 0 Å². The first-order valence-electron chi connectivity index (χ1n) is 8.32. The average molecular weight is 371 g/mol. The summed E-state index contributed by atoms with van der Waals surface area (Å²) in [6.07, 6.45) is 0. The summed E-state index contributed by atoms with van der Waals surface area (Å²) in [5, 5.41) is 19.1. The molecule has 0 aliphatic carbocycles. The van der Waals surface area contributed by atoms with E-state index in [0.29, 0.717) is 11.4 Å². The number of carboxylic acids is 2. The van der Waals surface area contributed by atoms with Crippen molar-refractivity contribution in [3.8, 4) is 11.5 Å². The zero-order valence-electron chi connectivity index (χ0n) is 15.1. The molecule has 0 bridgehead atoms. The third-order valence-corrected chi connectivity index (χ3v) is 8.65. The van der Waals surface area contributed by atoms with Gasteiger partial charge in [-0.3, -0.25) is 0 Å². The fraction of sp³-hybridized carbons (Fsp3) is 0.263. The molecule has 0 saturated heterocycles. The first-order valence-corrected chi connectivity index (χ1v) is 10.6. The first kappa shape index (κ1) is 18.0. The van der Waals surface area contributed by atoms with Gasteiger partial charge in [-0.2, -0.15) is 0 Å². The Hall–Kier alpha value is -2.80. The number of hydrogen-bond acceptors (Lipinski definition) is 4. The number of para-hydroxylation sites is 2. The second-order valence-electron chi connectivity index (χ2n) is 7.43. The van der Waals surface area contributed by atoms with E-state index in [1.54, 1.807) is 12.1 Å². The summed E-state index contributed by atoms with van der Waals surface area (Å²) >= 11 is 0. The van der Waals surface area contributed by atoms with Crippen molar-refractivity contribution in [3.63, 3.8) is 0 Å². The molecular formula is C19H21NO5Si. The van der Waals surface area contributed by atoms with Crippen molar-refractivity contribution in [1.29, 1.82) is 0 Å². The van der Waals surface area contributed by atoms with Crippen LogP contribution < -0.4 is 9.30 Å². The minimum absolute atomic E-state index is 0.00959. The van der Waals surface area contributed by atoms with Crippen LogP contribution in [0.4, 0.5) is 11.4 Å². The number of fused-ring (bicyclic) bond motifs is 2. The third-order valence-electron chi connectivity index (χ3n) is 4.81. The van der Waals surface area contributed by atoms with Gasteiger partial charge >= 0.3 is 11.9 Å². The normalized spacial score (nSPS) is 14.1. The average Bonchev–Trinajstić information content (AvgIpc) is 2.56. The van der Waals surface area contributed by atoms with Gasteiger partial charge in [0, 0.05) is 0 Å². The van der Waals surface area contributed by atoms with Gasteiger partial charge in [-0.05, 0) is 29.3 Å². The molecule has 1 aliphatic heterocycles. The molecule has 0 aromatic heterocycles. The lowest BCUT2D eigenvalue weighted by Crippen LogP contribution is -2.41. The van der Waals surface area contributed by atoms with Gasteiger partial charge in [-0.15, -0.1) is 0 Å². The van der Waals surface area contributed by atoms with Crippen LogP contribution in [0.25, 0.3) is 0 Å². The number of ether oxygens (including phenoxy) is 1. The zero-order valence-corrected chi connectivity index (χ0v) is 16.3. The van der Waals surface area contributed by atoms with Crippen LogP contribution in [0.3, 0.4) is 0 Å². The lowest BCUT2D eigenvalue weighted by molar-refractivity contribution is 0.0687. The summed E-state index contributed by atoms with van der Waals surface area (Å²) in [6, 6.07) is 9.97. The molecule has 136 valence electrons. The molecule has 0 saturated carbocycles. The highest BCUT2D eigenvalue weighted by Gasteiger charge is 2.38. The van der Waals surface area contributed by atoms with E-state index in [4.69, 9.17) is 4.74 Å². The highest BCUT2D eigenvalue weighted by atomic mass is 28.3. The Morgan fingerprint density at radius 1 is 0.923 bits per heavy atom. The van der Waals surface area contributed by atoms with Crippen LogP contribution in [0.5, 0.6) is 11.5 Å². The molecule has 0 spiro atoms. The number of benzene rings is 2. The third kappa shape index (κ3) is 2.84. The molecule has 1 atom stereocenters. The van der Waals surface area contributed by atoms with Crippen LogP contribution in [0, 0.1) is 0 Å². The molecule has 0 amide bonds. The topological polar surface area (TPSA) is 87.1 Å². The van der Waals surface area contributed by atoms with Crippen molar-refractivity contribution in [3.05, 3.63) is 47.5 Å². The van der Waals surface area contributed by atoms with Gasteiger partial charge in [0.2, 0.25) is 0 Å². The van der Waals surface area contributed by atoms with Gasteiger partial charge in [-0.25, -0.2) is 9.59 Å². The number of nitrogens with zero attached hydrogens (tertiary/aromatic N) is 1. The van der Waals surface area contributed by atoms with E-state index in [1.807, 2.05) is 12.1 Å². The molecule has 7 heteroatoms. The molecule has 3 rings (SSSR count). The van der Waals surface area contributed by atoms with E-state index in [-0.39, 0.29) is 27.7 Å². The SMILES string of the molecule is C[SiH](N1c2cccc(C(=O)O)c2Oc2c(C(=O)O)cccc21)C(C)(C)C. The van der Waals surface area contributed by atoms with E-state index >= 15 is 0 Å². The summed E-state index contributed by atoms with van der Waals surface area (Å²) in [4.78, 5) is 23.3. The Morgan fingerprint density at radius 3 is 1.69 bits per heavy atom. The van der Waals surface area contributed by atoms with Gasteiger partial charge < -0.3 is 19.5 Å². The van der Waals surface area contributed by atoms with E-state index in [0.717, 1.165) is 0 Å². The number of carbonyl (C=O) groups is 2. The molecule has 2 aromatic rings. The Bertz CT molecular complexity index is 840. The van der Waals surface area contributed by atoms with Crippen molar-refractivity contribution in [2.45, 2.75) is 32.4 Å². The molecule has 6 nitrogen and oxygen atoms in total. The summed E-state index contributed by atoms with van der Waals surface area (Å²) < 4.78 is 7.98. The van der Waals surface area contributed by atoms with Gasteiger partial charge in [0.05, 0.1) is 11.4 Å². The van der Waals surface area contributed by atoms with Crippen molar-refractivity contribution in [2.75, 3.05) is 4.57 Å². The molecule has 1 heterocycles. The van der Waals surface area contributed by atoms with Crippen LogP contribution in [-0.2, 0) is 0 Å². The standard InChI is InChI=1S/C19H21NO5Si/c1-19(2,3)26(4)20-13-9-5-7-11(17(21)22)15(13)25-16-12(18(23)24)8-6-10-14(16)20/h5-10,26H,1-4H3,(H,21,22)(H,23,24). The minimum Gasteiger partial charge on any atom is -0.478 e. The maximum Gasteiger partial charge on any atom is 0.339 e. The van der Waals surface area contributed by atoms with Crippen LogP contribution in [0.2, 0.25) is 11.6 Å². The lowest BCUT2D eigenvalue weighted by Gasteiger charge is -2.42. The highest BCUT2D eigenvalue weighted by Crippen LogP contribution is 2.52. The molecule has 1 unspecified atom stereocenters. The van der Waals surface area contributed by atoms with Crippen molar-refractivity contribution >= 4 is 32.3 Å².